The quantitative estimate of drug-likeness (QED) is 0.460. The number of aryl methyl sites for hydroxylation is 1. The molecule has 4 unspecified atom stereocenters. The van der Waals surface area contributed by atoms with Gasteiger partial charge in [-0.05, 0) is 76.3 Å². The lowest BCUT2D eigenvalue weighted by Gasteiger charge is -2.34. The molecule has 1 amide bonds. The van der Waals surface area contributed by atoms with Gasteiger partial charge in [0.25, 0.3) is 0 Å². The lowest BCUT2D eigenvalue weighted by atomic mass is 9.84. The van der Waals surface area contributed by atoms with Crippen molar-refractivity contribution in [1.29, 1.82) is 0 Å². The topological polar surface area (TPSA) is 114 Å². The zero-order valence-electron chi connectivity index (χ0n) is 22.6. The summed E-state index contributed by atoms with van der Waals surface area (Å²) in [6, 6.07) is 7.37. The Morgan fingerprint density at radius 3 is 2.62 bits per heavy atom. The van der Waals surface area contributed by atoms with Crippen LogP contribution in [0.3, 0.4) is 0 Å². The Morgan fingerprint density at radius 1 is 1.15 bits per heavy atom. The number of carboxylic acid groups (broad SMARTS) is 1. The highest BCUT2D eigenvalue weighted by Crippen LogP contribution is 2.44. The number of rotatable bonds is 5. The molecule has 2 N–H and O–H groups in total. The molecular formula is C29H34FN3O6. The van der Waals surface area contributed by atoms with Gasteiger partial charge in [-0.2, -0.15) is 0 Å². The van der Waals surface area contributed by atoms with Gasteiger partial charge in [-0.25, -0.2) is 14.2 Å². The minimum absolute atomic E-state index is 0.0710. The maximum absolute atomic E-state index is 14.4. The number of aromatic nitrogens is 2. The van der Waals surface area contributed by atoms with Gasteiger partial charge in [0.1, 0.15) is 23.0 Å². The van der Waals surface area contributed by atoms with Crippen molar-refractivity contribution in [3.8, 4) is 5.75 Å². The third-order valence-corrected chi connectivity index (χ3v) is 8.31. The van der Waals surface area contributed by atoms with E-state index in [-0.39, 0.29) is 23.5 Å². The van der Waals surface area contributed by atoms with E-state index >= 15 is 0 Å². The van der Waals surface area contributed by atoms with Crippen molar-refractivity contribution in [3.05, 3.63) is 53.1 Å². The molecule has 0 radical (unpaired) electrons. The third kappa shape index (κ3) is 4.50. The van der Waals surface area contributed by atoms with Gasteiger partial charge in [0.2, 0.25) is 0 Å². The number of halogens is 1. The molecule has 0 spiro atoms. The standard InChI is InChI=1S/C29H34FN3O6/c1-16-8-10-20-22(32(16)28(36)39-4)11-12-23-25(20)31-27(33(23)19-7-5-6-17(14-19)26(34)35)29(2,37)21-15-18(30)9-13-24(21)38-3/h9,11-13,15-17,19,37H,5-8,10,14H2,1-4H3,(H,34,35). The van der Waals surface area contributed by atoms with Crippen molar-refractivity contribution in [1.82, 2.24) is 9.55 Å². The summed E-state index contributed by atoms with van der Waals surface area (Å²) in [7, 11) is 2.80. The normalized spacial score (nSPS) is 22.7. The molecule has 5 rings (SSSR count). The molecule has 4 atom stereocenters. The number of fused-ring (bicyclic) bond motifs is 3. The number of amides is 1. The summed E-state index contributed by atoms with van der Waals surface area (Å²) < 4.78 is 26.9. The third-order valence-electron chi connectivity index (χ3n) is 8.31. The molecule has 2 heterocycles. The van der Waals surface area contributed by atoms with E-state index in [1.807, 2.05) is 23.6 Å². The predicted molar refractivity (Wildman–Crippen MR) is 143 cm³/mol. The molecule has 1 aromatic heterocycles. The number of nitrogens with zero attached hydrogens (tertiary/aromatic N) is 3. The highest BCUT2D eigenvalue weighted by molar-refractivity contribution is 5.95. The van der Waals surface area contributed by atoms with Gasteiger partial charge in [-0.1, -0.05) is 6.42 Å². The zero-order chi connectivity index (χ0) is 28.1. The molecule has 9 nitrogen and oxygen atoms in total. The SMILES string of the molecule is COC(=O)N1c2ccc3c(nc(C(C)(O)c4cc(F)ccc4OC)n3C3CCCC(C(=O)O)C3)c2CCC1C. The van der Waals surface area contributed by atoms with Crippen molar-refractivity contribution in [2.24, 2.45) is 5.92 Å². The van der Waals surface area contributed by atoms with Gasteiger partial charge in [-0.3, -0.25) is 9.69 Å². The van der Waals surface area contributed by atoms with Crippen molar-refractivity contribution in [3.63, 3.8) is 0 Å². The van der Waals surface area contributed by atoms with Gasteiger partial charge in [-0.15, -0.1) is 0 Å². The number of benzene rings is 2. The second kappa shape index (κ2) is 10.1. The van der Waals surface area contributed by atoms with Crippen LogP contribution in [0.15, 0.2) is 30.3 Å². The van der Waals surface area contributed by atoms with Crippen molar-refractivity contribution >= 4 is 28.8 Å². The second-order valence-corrected chi connectivity index (χ2v) is 10.7. The van der Waals surface area contributed by atoms with Crippen LogP contribution >= 0.6 is 0 Å². The summed E-state index contributed by atoms with van der Waals surface area (Å²) in [4.78, 5) is 31.2. The molecular weight excluding hydrogens is 505 g/mol. The number of hydrogen-bond acceptors (Lipinski definition) is 6. The average Bonchev–Trinajstić information content (AvgIpc) is 3.33. The van der Waals surface area contributed by atoms with Crippen molar-refractivity contribution in [2.45, 2.75) is 70.1 Å². The molecule has 1 saturated carbocycles. The maximum Gasteiger partial charge on any atom is 0.414 e. The highest BCUT2D eigenvalue weighted by Gasteiger charge is 2.40. The smallest absolute Gasteiger partial charge is 0.414 e. The second-order valence-electron chi connectivity index (χ2n) is 10.7. The first-order valence-corrected chi connectivity index (χ1v) is 13.3. The summed E-state index contributed by atoms with van der Waals surface area (Å²) in [6.07, 6.45) is 3.28. The number of carbonyl (C=O) groups is 2. The molecule has 1 fully saturated rings. The first-order valence-electron chi connectivity index (χ1n) is 13.3. The summed E-state index contributed by atoms with van der Waals surface area (Å²) in [5, 5.41) is 21.9. The molecule has 2 aliphatic rings. The summed E-state index contributed by atoms with van der Waals surface area (Å²) in [5.74, 6) is -1.31. The highest BCUT2D eigenvalue weighted by atomic mass is 19.1. The number of methoxy groups -OCH3 is 2. The number of carbonyl (C=O) groups excluding carboxylic acids is 1. The molecule has 2 aromatic carbocycles. The lowest BCUT2D eigenvalue weighted by molar-refractivity contribution is -0.143. The van der Waals surface area contributed by atoms with Crippen LogP contribution in [0.4, 0.5) is 14.9 Å². The van der Waals surface area contributed by atoms with E-state index in [1.165, 1.54) is 32.4 Å². The van der Waals surface area contributed by atoms with Gasteiger partial charge in [0.05, 0.1) is 36.9 Å². The maximum atomic E-state index is 14.4. The summed E-state index contributed by atoms with van der Waals surface area (Å²) >= 11 is 0. The van der Waals surface area contributed by atoms with Crippen molar-refractivity contribution in [2.75, 3.05) is 19.1 Å². The number of aliphatic hydroxyl groups is 1. The van der Waals surface area contributed by atoms with E-state index in [2.05, 4.69) is 0 Å². The lowest BCUT2D eigenvalue weighted by Crippen LogP contribution is -2.42. The molecule has 1 aliphatic carbocycles. The Bertz CT molecular complexity index is 1430. The van der Waals surface area contributed by atoms with Crippen LogP contribution in [0.1, 0.15) is 68.9 Å². The predicted octanol–water partition coefficient (Wildman–Crippen LogP) is 5.16. The van der Waals surface area contributed by atoms with Crippen LogP contribution in [0.25, 0.3) is 11.0 Å². The van der Waals surface area contributed by atoms with Gasteiger partial charge >= 0.3 is 12.1 Å². The molecule has 3 aromatic rings. The van der Waals surface area contributed by atoms with Gasteiger partial charge in [0.15, 0.2) is 0 Å². The van der Waals surface area contributed by atoms with E-state index in [0.717, 1.165) is 11.1 Å². The monoisotopic (exact) mass is 539 g/mol. The number of carboxylic acids is 1. The minimum atomic E-state index is -1.78. The van der Waals surface area contributed by atoms with Gasteiger partial charge < -0.3 is 24.3 Å². The zero-order valence-corrected chi connectivity index (χ0v) is 22.6. The van der Waals surface area contributed by atoms with Crippen molar-refractivity contribution < 1.29 is 33.7 Å². The van der Waals surface area contributed by atoms with E-state index in [4.69, 9.17) is 14.5 Å². The molecule has 0 bridgehead atoms. The van der Waals surface area contributed by atoms with E-state index in [9.17, 15) is 24.2 Å². The molecule has 0 saturated heterocycles. The minimum Gasteiger partial charge on any atom is -0.496 e. The van der Waals surface area contributed by atoms with Crippen LogP contribution in [0.5, 0.6) is 5.75 Å². The fourth-order valence-electron chi connectivity index (χ4n) is 6.29. The van der Waals surface area contributed by atoms with Crippen LogP contribution in [-0.4, -0.2) is 52.1 Å². The summed E-state index contributed by atoms with van der Waals surface area (Å²) in [6.45, 7) is 3.51. The first kappa shape index (κ1) is 26.9. The number of hydrogen-bond donors (Lipinski definition) is 2. The fourth-order valence-corrected chi connectivity index (χ4v) is 6.29. The fraction of sp³-hybridized carbons (Fsp3) is 0.483. The van der Waals surface area contributed by atoms with E-state index < -0.39 is 29.4 Å². The summed E-state index contributed by atoms with van der Waals surface area (Å²) in [5.41, 5.74) is 1.33. The molecule has 39 heavy (non-hydrogen) atoms. The molecule has 1 aliphatic heterocycles. The number of anilines is 1. The Kier molecular flexibility index (Phi) is 7.00. The van der Waals surface area contributed by atoms with Crippen LogP contribution in [0.2, 0.25) is 0 Å². The van der Waals surface area contributed by atoms with Gasteiger partial charge in [0, 0.05) is 23.2 Å². The number of aliphatic carboxylic acids is 1. The Hall–Kier alpha value is -3.66. The molecule has 10 heteroatoms. The first-order chi connectivity index (χ1) is 18.6. The van der Waals surface area contributed by atoms with Crippen LogP contribution in [0, 0.1) is 11.7 Å². The van der Waals surface area contributed by atoms with Crippen LogP contribution in [-0.2, 0) is 21.6 Å². The number of ether oxygens (including phenoxy) is 2. The van der Waals surface area contributed by atoms with E-state index in [0.29, 0.717) is 55.5 Å². The number of imidazole rings is 1. The Balaban J connectivity index is 1.76. The molecule has 208 valence electrons. The Labute approximate surface area is 226 Å². The average molecular weight is 540 g/mol. The Morgan fingerprint density at radius 2 is 1.92 bits per heavy atom. The largest absolute Gasteiger partial charge is 0.496 e. The van der Waals surface area contributed by atoms with E-state index in [1.54, 1.807) is 11.8 Å². The van der Waals surface area contributed by atoms with Crippen LogP contribution < -0.4 is 9.64 Å².